The van der Waals surface area contributed by atoms with Crippen LogP contribution in [0.15, 0.2) is 51.8 Å². The number of hydrogen-bond donors (Lipinski definition) is 3. The maximum Gasteiger partial charge on any atom is 0.419 e. The zero-order valence-electron chi connectivity index (χ0n) is 15.8. The first-order valence-corrected chi connectivity index (χ1v) is 9.95. The van der Waals surface area contributed by atoms with Gasteiger partial charge in [0, 0.05) is 18.8 Å². The molecule has 1 atom stereocenters. The van der Waals surface area contributed by atoms with Crippen molar-refractivity contribution in [1.82, 2.24) is 9.97 Å². The molecule has 4 aromatic rings. The molecule has 4 N–H and O–H groups in total. The summed E-state index contributed by atoms with van der Waals surface area (Å²) in [6.07, 6.45) is -2.87. The fourth-order valence-electron chi connectivity index (χ4n) is 3.10. The Hall–Kier alpha value is -3.18. The Balaban J connectivity index is 1.38. The predicted molar refractivity (Wildman–Crippen MR) is 110 cm³/mol. The normalized spacial score (nSPS) is 12.9. The van der Waals surface area contributed by atoms with E-state index in [1.807, 2.05) is 6.07 Å². The number of rotatable bonds is 6. The first kappa shape index (κ1) is 21.1. The maximum atomic E-state index is 13.7. The summed E-state index contributed by atoms with van der Waals surface area (Å²) >= 11 is 1.36. The molecular weight excluding hydrogens is 436 g/mol. The summed E-state index contributed by atoms with van der Waals surface area (Å²) in [4.78, 5) is 19.0. The molecule has 31 heavy (non-hydrogen) atoms. The van der Waals surface area contributed by atoms with Crippen molar-refractivity contribution in [2.45, 2.75) is 18.6 Å². The van der Waals surface area contributed by atoms with Gasteiger partial charge in [0.15, 0.2) is 10.7 Å². The van der Waals surface area contributed by atoms with Crippen LogP contribution in [0.5, 0.6) is 0 Å². The van der Waals surface area contributed by atoms with E-state index >= 15 is 0 Å². The van der Waals surface area contributed by atoms with Crippen molar-refractivity contribution < 1.29 is 22.0 Å². The number of nitrogens with one attached hydrogen (secondary N) is 2. The molecule has 0 amide bonds. The zero-order chi connectivity index (χ0) is 22.2. The van der Waals surface area contributed by atoms with Crippen LogP contribution in [0.2, 0.25) is 0 Å². The van der Waals surface area contributed by atoms with Crippen LogP contribution < -0.4 is 16.8 Å². The number of benzene rings is 2. The highest BCUT2D eigenvalue weighted by molar-refractivity contribution is 7.18. The van der Waals surface area contributed by atoms with Crippen molar-refractivity contribution in [3.63, 3.8) is 0 Å². The van der Waals surface area contributed by atoms with E-state index in [0.717, 1.165) is 22.6 Å². The number of nitrogens with two attached hydrogens (primary N) is 1. The maximum absolute atomic E-state index is 13.7. The Kier molecular flexibility index (Phi) is 5.54. The standard InChI is InChI=1S/C20H16F4N4O2S/c21-14-6-10(1-3-13(14)20(22,23)24)5-12(25)8-26-18-27-9-17(31-18)11-2-4-15-16(7-11)30-19(29)28-15/h1-4,6-7,9,12H,5,8,25H2,(H,26,27)(H,28,29)/t12-/m1/s1. The van der Waals surface area contributed by atoms with E-state index in [4.69, 9.17) is 10.2 Å². The first-order chi connectivity index (χ1) is 14.7. The molecule has 162 valence electrons. The second-order valence-electron chi connectivity index (χ2n) is 6.91. The number of aromatic amines is 1. The lowest BCUT2D eigenvalue weighted by Crippen LogP contribution is -2.31. The molecule has 6 nitrogen and oxygen atoms in total. The molecule has 0 saturated carbocycles. The Labute approximate surface area is 176 Å². The lowest BCUT2D eigenvalue weighted by atomic mass is 10.0. The SMILES string of the molecule is N[C@@H](CNc1ncc(-c2ccc3[nH]c(=O)oc3c2)s1)Cc1ccc(C(F)(F)F)c(F)c1. The summed E-state index contributed by atoms with van der Waals surface area (Å²) in [5.74, 6) is -1.84. The number of anilines is 1. The van der Waals surface area contributed by atoms with Gasteiger partial charge in [-0.25, -0.2) is 14.2 Å². The fourth-order valence-corrected chi connectivity index (χ4v) is 3.92. The quantitative estimate of drug-likeness (QED) is 0.377. The summed E-state index contributed by atoms with van der Waals surface area (Å²) in [6, 6.07) is 7.64. The fraction of sp³-hybridized carbons (Fsp3) is 0.200. The predicted octanol–water partition coefficient (Wildman–Crippen LogP) is 4.38. The van der Waals surface area contributed by atoms with Gasteiger partial charge >= 0.3 is 11.9 Å². The summed E-state index contributed by atoms with van der Waals surface area (Å²) < 4.78 is 56.7. The minimum absolute atomic E-state index is 0.198. The van der Waals surface area contributed by atoms with Gasteiger partial charge in [0.2, 0.25) is 0 Å². The number of thiazole rings is 1. The molecule has 11 heteroatoms. The molecule has 0 saturated heterocycles. The Morgan fingerprint density at radius 1 is 1.23 bits per heavy atom. The molecule has 2 aromatic heterocycles. The molecule has 0 spiro atoms. The molecule has 2 aromatic carbocycles. The van der Waals surface area contributed by atoms with Gasteiger partial charge in [0.05, 0.1) is 16.0 Å². The molecular formula is C20H16F4N4O2S. The van der Waals surface area contributed by atoms with Crippen LogP contribution in [0.1, 0.15) is 11.1 Å². The summed E-state index contributed by atoms with van der Waals surface area (Å²) in [6.45, 7) is 0.293. The summed E-state index contributed by atoms with van der Waals surface area (Å²) in [5.41, 5.74) is 6.98. The van der Waals surface area contributed by atoms with Crippen LogP contribution in [0.3, 0.4) is 0 Å². The molecule has 0 unspecified atom stereocenters. The number of H-pyrrole nitrogens is 1. The van der Waals surface area contributed by atoms with Crippen molar-refractivity contribution in [3.8, 4) is 10.4 Å². The van der Waals surface area contributed by atoms with Crippen LogP contribution in [0.25, 0.3) is 21.5 Å². The van der Waals surface area contributed by atoms with Crippen LogP contribution >= 0.6 is 11.3 Å². The Morgan fingerprint density at radius 2 is 2.03 bits per heavy atom. The van der Waals surface area contributed by atoms with Gasteiger partial charge in [-0.3, -0.25) is 4.98 Å². The number of fused-ring (bicyclic) bond motifs is 1. The van der Waals surface area contributed by atoms with Gasteiger partial charge in [0.25, 0.3) is 0 Å². The van der Waals surface area contributed by atoms with Crippen molar-refractivity contribution >= 4 is 27.6 Å². The number of oxazole rings is 1. The van der Waals surface area contributed by atoms with Gasteiger partial charge < -0.3 is 15.5 Å². The Morgan fingerprint density at radius 3 is 2.77 bits per heavy atom. The van der Waals surface area contributed by atoms with Gasteiger partial charge in [0.1, 0.15) is 5.82 Å². The molecule has 2 heterocycles. The van der Waals surface area contributed by atoms with Gasteiger partial charge in [-0.05, 0) is 41.8 Å². The largest absolute Gasteiger partial charge is 0.419 e. The van der Waals surface area contributed by atoms with E-state index in [1.165, 1.54) is 17.4 Å². The van der Waals surface area contributed by atoms with E-state index < -0.39 is 29.4 Å². The second kappa shape index (κ2) is 8.16. The summed E-state index contributed by atoms with van der Waals surface area (Å²) in [7, 11) is 0. The highest BCUT2D eigenvalue weighted by atomic mass is 32.1. The monoisotopic (exact) mass is 452 g/mol. The molecule has 0 aliphatic rings. The number of halogens is 4. The van der Waals surface area contributed by atoms with Gasteiger partial charge in [-0.2, -0.15) is 13.2 Å². The van der Waals surface area contributed by atoms with Crippen molar-refractivity contribution in [3.05, 3.63) is 70.1 Å². The van der Waals surface area contributed by atoms with E-state index in [1.54, 1.807) is 18.3 Å². The molecule has 0 fully saturated rings. The van der Waals surface area contributed by atoms with Crippen LogP contribution in [-0.4, -0.2) is 22.6 Å². The number of nitrogens with zero attached hydrogens (tertiary/aromatic N) is 1. The smallest absolute Gasteiger partial charge is 0.408 e. The van der Waals surface area contributed by atoms with Gasteiger partial charge in [-0.1, -0.05) is 23.5 Å². The van der Waals surface area contributed by atoms with E-state index in [-0.39, 0.29) is 6.42 Å². The third kappa shape index (κ3) is 4.78. The lowest BCUT2D eigenvalue weighted by molar-refractivity contribution is -0.140. The molecule has 0 aliphatic heterocycles. The lowest BCUT2D eigenvalue weighted by Gasteiger charge is -2.14. The van der Waals surface area contributed by atoms with Crippen molar-refractivity contribution in [2.24, 2.45) is 5.73 Å². The minimum atomic E-state index is -4.73. The van der Waals surface area contributed by atoms with Crippen molar-refractivity contribution in [1.29, 1.82) is 0 Å². The van der Waals surface area contributed by atoms with Crippen molar-refractivity contribution in [2.75, 3.05) is 11.9 Å². The van der Waals surface area contributed by atoms with E-state index in [2.05, 4.69) is 15.3 Å². The van der Waals surface area contributed by atoms with E-state index in [0.29, 0.717) is 28.3 Å². The second-order valence-corrected chi connectivity index (χ2v) is 7.94. The molecule has 0 aliphatic carbocycles. The highest BCUT2D eigenvalue weighted by Crippen LogP contribution is 2.32. The zero-order valence-corrected chi connectivity index (χ0v) is 16.6. The summed E-state index contributed by atoms with van der Waals surface area (Å²) in [5, 5.41) is 3.67. The number of alkyl halides is 3. The average molecular weight is 452 g/mol. The highest BCUT2D eigenvalue weighted by Gasteiger charge is 2.33. The van der Waals surface area contributed by atoms with Crippen LogP contribution in [0, 0.1) is 5.82 Å². The molecule has 0 bridgehead atoms. The van der Waals surface area contributed by atoms with Crippen LogP contribution in [-0.2, 0) is 12.6 Å². The van der Waals surface area contributed by atoms with Crippen LogP contribution in [0.4, 0.5) is 22.7 Å². The number of aromatic nitrogens is 2. The number of hydrogen-bond acceptors (Lipinski definition) is 6. The molecule has 0 radical (unpaired) electrons. The van der Waals surface area contributed by atoms with E-state index in [9.17, 15) is 22.4 Å². The third-order valence-corrected chi connectivity index (χ3v) is 5.57. The van der Waals surface area contributed by atoms with Gasteiger partial charge in [-0.15, -0.1) is 0 Å². The molecule has 4 rings (SSSR count). The topological polar surface area (TPSA) is 96.9 Å². The third-order valence-electron chi connectivity index (χ3n) is 4.56. The first-order valence-electron chi connectivity index (χ1n) is 9.13. The Bertz CT molecular complexity index is 1280. The average Bonchev–Trinajstić information content (AvgIpc) is 3.30. The minimum Gasteiger partial charge on any atom is -0.408 e.